The Kier molecular flexibility index (Phi) is 10.5. The van der Waals surface area contributed by atoms with Crippen LogP contribution < -0.4 is 24.4 Å². The fourth-order valence-corrected chi connectivity index (χ4v) is 3.57. The van der Waals surface area contributed by atoms with E-state index in [1.807, 2.05) is 0 Å². The number of imidazole rings is 1. The second kappa shape index (κ2) is 13.8. The summed E-state index contributed by atoms with van der Waals surface area (Å²) in [6.07, 6.45) is -5.77. The van der Waals surface area contributed by atoms with Gasteiger partial charge in [-0.25, -0.2) is 0 Å². The second-order valence-electron chi connectivity index (χ2n) is 8.07. The van der Waals surface area contributed by atoms with Gasteiger partial charge >= 0.3 is 12.4 Å². The van der Waals surface area contributed by atoms with Crippen molar-refractivity contribution in [1.29, 1.82) is 0 Å². The Balaban J connectivity index is 2.03. The largest absolute Gasteiger partial charge is 0.573 e. The Morgan fingerprint density at radius 3 is 2.54 bits per heavy atom. The van der Waals surface area contributed by atoms with Crippen molar-refractivity contribution in [3.05, 3.63) is 59.8 Å². The number of nitrogens with one attached hydrogen (secondary N) is 1. The van der Waals surface area contributed by atoms with Gasteiger partial charge in [0.15, 0.2) is 5.82 Å². The molecular weight excluding hydrogens is 525 g/mol. The number of aromatic nitrogens is 2. The van der Waals surface area contributed by atoms with Crippen molar-refractivity contribution in [3.8, 4) is 23.3 Å². The predicted octanol–water partition coefficient (Wildman–Crippen LogP) is 2.81. The number of methoxy groups -OCH3 is 1. The Hall–Kier alpha value is -3.85. The topological polar surface area (TPSA) is 128 Å². The highest BCUT2D eigenvalue weighted by molar-refractivity contribution is 5.74. The summed E-state index contributed by atoms with van der Waals surface area (Å²) in [5.74, 6) is 0.0849. The zero-order valence-corrected chi connectivity index (χ0v) is 21.2. The van der Waals surface area contributed by atoms with Crippen LogP contribution in [0.3, 0.4) is 0 Å². The number of amides is 1. The molecule has 0 saturated carbocycles. The van der Waals surface area contributed by atoms with Gasteiger partial charge in [-0.1, -0.05) is 18.2 Å². The molecule has 0 saturated heterocycles. The minimum atomic E-state index is -4.90. The van der Waals surface area contributed by atoms with E-state index in [9.17, 15) is 23.1 Å². The van der Waals surface area contributed by atoms with Crippen LogP contribution in [0.25, 0.3) is 0 Å². The van der Waals surface area contributed by atoms with Crippen molar-refractivity contribution < 1.29 is 47.1 Å². The average molecular weight is 555 g/mol. The van der Waals surface area contributed by atoms with Gasteiger partial charge in [0.05, 0.1) is 33.5 Å². The maximum Gasteiger partial charge on any atom is 0.573 e. The molecule has 1 amide bonds. The van der Waals surface area contributed by atoms with Crippen LogP contribution >= 0.6 is 0 Å². The van der Waals surface area contributed by atoms with Crippen LogP contribution in [0.5, 0.6) is 23.3 Å². The first-order chi connectivity index (χ1) is 18.6. The molecule has 39 heavy (non-hydrogen) atoms. The van der Waals surface area contributed by atoms with Crippen molar-refractivity contribution in [2.24, 2.45) is 0 Å². The Morgan fingerprint density at radius 2 is 1.85 bits per heavy atom. The van der Waals surface area contributed by atoms with E-state index < -0.39 is 18.3 Å². The molecule has 0 fully saturated rings. The molecule has 0 radical (unpaired) electrons. The number of aliphatic hydroxyl groups is 2. The SMILES string of the molecule is COc1cccc(Cn2c(Oc3cccc(OC(F)(F)F)c3)nc(N(C)C=O)c2C(O)NCCOCCO)c1. The third-order valence-electron chi connectivity index (χ3n) is 5.25. The van der Waals surface area contributed by atoms with Crippen molar-refractivity contribution in [2.45, 2.75) is 19.1 Å². The summed E-state index contributed by atoms with van der Waals surface area (Å²) in [5, 5.41) is 22.8. The van der Waals surface area contributed by atoms with E-state index in [1.165, 1.54) is 30.9 Å². The molecule has 0 aliphatic rings. The summed E-state index contributed by atoms with van der Waals surface area (Å²) in [5.41, 5.74) is 0.859. The van der Waals surface area contributed by atoms with Gasteiger partial charge in [-0.2, -0.15) is 4.98 Å². The summed E-state index contributed by atoms with van der Waals surface area (Å²) < 4.78 is 60.0. The molecule has 0 aliphatic carbocycles. The number of anilines is 1. The maximum atomic E-state index is 12.7. The molecule has 212 valence electrons. The second-order valence-corrected chi connectivity index (χ2v) is 8.07. The highest BCUT2D eigenvalue weighted by atomic mass is 19.4. The third kappa shape index (κ3) is 8.58. The minimum absolute atomic E-state index is 0.0275. The van der Waals surface area contributed by atoms with Crippen LogP contribution in [0.2, 0.25) is 0 Å². The number of benzene rings is 2. The van der Waals surface area contributed by atoms with Gasteiger partial charge in [0, 0.05) is 19.7 Å². The fourth-order valence-electron chi connectivity index (χ4n) is 3.57. The fraction of sp³-hybridized carbons (Fsp3) is 0.360. The zero-order chi connectivity index (χ0) is 28.4. The van der Waals surface area contributed by atoms with Crippen molar-refractivity contribution in [2.75, 3.05) is 45.4 Å². The van der Waals surface area contributed by atoms with Crippen LogP contribution in [0.4, 0.5) is 19.0 Å². The lowest BCUT2D eigenvalue weighted by molar-refractivity contribution is -0.274. The highest BCUT2D eigenvalue weighted by Crippen LogP contribution is 2.34. The van der Waals surface area contributed by atoms with Crippen LogP contribution in [0.15, 0.2) is 48.5 Å². The van der Waals surface area contributed by atoms with E-state index in [4.69, 9.17) is 19.3 Å². The number of ether oxygens (including phenoxy) is 4. The molecule has 0 aliphatic heterocycles. The van der Waals surface area contributed by atoms with Gasteiger partial charge < -0.3 is 34.1 Å². The first-order valence-corrected chi connectivity index (χ1v) is 11.7. The van der Waals surface area contributed by atoms with E-state index in [2.05, 4.69) is 15.0 Å². The van der Waals surface area contributed by atoms with E-state index in [0.29, 0.717) is 17.7 Å². The first-order valence-electron chi connectivity index (χ1n) is 11.7. The average Bonchev–Trinajstić information content (AvgIpc) is 3.24. The van der Waals surface area contributed by atoms with Crippen LogP contribution in [-0.2, 0) is 16.1 Å². The molecule has 3 aromatic rings. The van der Waals surface area contributed by atoms with Gasteiger partial charge in [0.25, 0.3) is 0 Å². The molecular formula is C25H29F3N4O7. The lowest BCUT2D eigenvalue weighted by atomic mass is 10.2. The Morgan fingerprint density at radius 1 is 1.13 bits per heavy atom. The van der Waals surface area contributed by atoms with Crippen molar-refractivity contribution >= 4 is 12.2 Å². The number of carbonyl (C=O) groups excluding carboxylic acids is 1. The number of alkyl halides is 3. The molecule has 11 nitrogen and oxygen atoms in total. The minimum Gasteiger partial charge on any atom is -0.497 e. The summed E-state index contributed by atoms with van der Waals surface area (Å²) in [7, 11) is 2.93. The third-order valence-corrected chi connectivity index (χ3v) is 5.25. The van der Waals surface area contributed by atoms with E-state index in [1.54, 1.807) is 24.3 Å². The zero-order valence-electron chi connectivity index (χ0n) is 21.2. The lowest BCUT2D eigenvalue weighted by Gasteiger charge is -2.20. The van der Waals surface area contributed by atoms with Gasteiger partial charge in [0.2, 0.25) is 6.41 Å². The monoisotopic (exact) mass is 554 g/mol. The van der Waals surface area contributed by atoms with E-state index in [-0.39, 0.29) is 56.2 Å². The molecule has 0 spiro atoms. The highest BCUT2D eigenvalue weighted by Gasteiger charge is 2.31. The molecule has 14 heteroatoms. The standard InChI is InChI=1S/C25H29F3N4O7/c1-31(16-34)22-21(23(35)29-9-11-37-12-10-33)32(15-17-5-3-6-18(13-17)36-2)24(30-22)38-19-7-4-8-20(14-19)39-25(26,27)28/h3-8,13-14,16,23,29,33,35H,9-12,15H2,1-2H3. The number of halogens is 3. The molecule has 2 aromatic carbocycles. The molecule has 1 heterocycles. The normalized spacial score (nSPS) is 12.2. The summed E-state index contributed by atoms with van der Waals surface area (Å²) in [4.78, 5) is 17.2. The van der Waals surface area contributed by atoms with Crippen molar-refractivity contribution in [1.82, 2.24) is 14.9 Å². The Bertz CT molecular complexity index is 1220. The molecule has 0 bridgehead atoms. The number of hydrogen-bond acceptors (Lipinski definition) is 9. The van der Waals surface area contributed by atoms with Gasteiger partial charge in [-0.3, -0.25) is 14.7 Å². The van der Waals surface area contributed by atoms with Crippen LogP contribution in [-0.4, -0.2) is 73.1 Å². The number of rotatable bonds is 15. The van der Waals surface area contributed by atoms with Crippen LogP contribution in [0, 0.1) is 0 Å². The van der Waals surface area contributed by atoms with Gasteiger partial charge in [-0.15, -0.1) is 13.2 Å². The summed E-state index contributed by atoms with van der Waals surface area (Å²) in [6, 6.07) is 11.8. The summed E-state index contributed by atoms with van der Waals surface area (Å²) >= 11 is 0. The van der Waals surface area contributed by atoms with E-state index in [0.717, 1.165) is 17.0 Å². The molecule has 3 N–H and O–H groups in total. The lowest BCUT2D eigenvalue weighted by Crippen LogP contribution is -2.29. The van der Waals surface area contributed by atoms with Crippen molar-refractivity contribution in [3.63, 3.8) is 0 Å². The number of carbonyl (C=O) groups is 1. The number of nitrogens with zero attached hydrogens (tertiary/aromatic N) is 3. The molecule has 1 atom stereocenters. The number of hydrogen-bond donors (Lipinski definition) is 3. The quantitative estimate of drug-likeness (QED) is 0.148. The first kappa shape index (κ1) is 29.7. The van der Waals surface area contributed by atoms with E-state index >= 15 is 0 Å². The maximum absolute atomic E-state index is 12.7. The molecule has 1 aromatic heterocycles. The Labute approximate surface area is 222 Å². The van der Waals surface area contributed by atoms with Gasteiger partial charge in [-0.05, 0) is 29.8 Å². The van der Waals surface area contributed by atoms with Gasteiger partial charge in [0.1, 0.15) is 29.2 Å². The molecule has 3 rings (SSSR count). The van der Waals surface area contributed by atoms with Crippen LogP contribution in [0.1, 0.15) is 17.5 Å². The predicted molar refractivity (Wildman–Crippen MR) is 133 cm³/mol. The number of aliphatic hydroxyl groups excluding tert-OH is 2. The smallest absolute Gasteiger partial charge is 0.497 e. The molecule has 1 unspecified atom stereocenters. The summed E-state index contributed by atoms with van der Waals surface area (Å²) in [6.45, 7) is 0.415.